The van der Waals surface area contributed by atoms with Gasteiger partial charge >= 0.3 is 0 Å². The van der Waals surface area contributed by atoms with Crippen molar-refractivity contribution in [3.63, 3.8) is 0 Å². The number of hydrogen-bond acceptors (Lipinski definition) is 6. The van der Waals surface area contributed by atoms with Crippen LogP contribution in [0.4, 0.5) is 9.52 Å². The fourth-order valence-corrected chi connectivity index (χ4v) is 2.71. The number of aromatic nitrogens is 4. The summed E-state index contributed by atoms with van der Waals surface area (Å²) in [7, 11) is 0. The van der Waals surface area contributed by atoms with Gasteiger partial charge in [0.05, 0.1) is 17.6 Å². The monoisotopic (exact) mass is 302 g/mol. The molecule has 2 aromatic heterocycles. The van der Waals surface area contributed by atoms with Gasteiger partial charge in [-0.3, -0.25) is 0 Å². The first kappa shape index (κ1) is 13.5. The smallest absolute Gasteiger partial charge is 0.221 e. The molecule has 2 heterocycles. The molecule has 0 amide bonds. The third-order valence-electron chi connectivity index (χ3n) is 3.11. The number of benzene rings is 1. The van der Waals surface area contributed by atoms with Crippen LogP contribution in [0.25, 0.3) is 11.0 Å². The Labute approximate surface area is 124 Å². The molecule has 0 radical (unpaired) electrons. The molecule has 0 saturated carbocycles. The van der Waals surface area contributed by atoms with E-state index in [4.69, 9.17) is 0 Å². The zero-order valence-electron chi connectivity index (χ0n) is 11.2. The van der Waals surface area contributed by atoms with Crippen LogP contribution in [0.2, 0.25) is 0 Å². The van der Waals surface area contributed by atoms with Crippen LogP contribution < -0.4 is 4.90 Å². The molecule has 0 unspecified atom stereocenters. The summed E-state index contributed by atoms with van der Waals surface area (Å²) < 4.78 is 15.3. The predicted molar refractivity (Wildman–Crippen MR) is 77.1 cm³/mol. The van der Waals surface area contributed by atoms with Crippen molar-refractivity contribution in [2.75, 3.05) is 4.90 Å². The maximum Gasteiger partial charge on any atom is 0.221 e. The van der Waals surface area contributed by atoms with Crippen molar-refractivity contribution in [3.05, 3.63) is 35.4 Å². The number of aryl methyl sites for hydroxylation is 1. The molecule has 0 N–H and O–H groups in total. The average Bonchev–Trinajstić information content (AvgIpc) is 3.11. The van der Waals surface area contributed by atoms with Crippen molar-refractivity contribution >= 4 is 27.5 Å². The summed E-state index contributed by atoms with van der Waals surface area (Å²) in [5.74, 6) is 0.367. The van der Waals surface area contributed by atoms with Crippen LogP contribution in [-0.2, 0) is 13.1 Å². The molecule has 0 aliphatic carbocycles. The average molecular weight is 302 g/mol. The van der Waals surface area contributed by atoms with E-state index in [0.717, 1.165) is 5.52 Å². The molecule has 0 bridgehead atoms. The van der Waals surface area contributed by atoms with E-state index < -0.39 is 0 Å². The lowest BCUT2D eigenvalue weighted by atomic mass is 10.3. The molecule has 0 fully saturated rings. The number of anilines is 1. The first-order valence-corrected chi connectivity index (χ1v) is 7.19. The van der Waals surface area contributed by atoms with Gasteiger partial charge in [-0.2, -0.15) is 5.26 Å². The van der Waals surface area contributed by atoms with Gasteiger partial charge in [0.1, 0.15) is 17.2 Å². The molecule has 0 aliphatic heterocycles. The third kappa shape index (κ3) is 2.43. The molecule has 1 aromatic carbocycles. The lowest BCUT2D eigenvalue weighted by Gasteiger charge is -2.12. The number of rotatable bonds is 4. The second kappa shape index (κ2) is 5.46. The maximum absolute atomic E-state index is 13.3. The number of halogens is 1. The van der Waals surface area contributed by atoms with Gasteiger partial charge in [0, 0.05) is 12.6 Å². The molecule has 0 atom stereocenters. The highest BCUT2D eigenvalue weighted by molar-refractivity contribution is 7.13. The number of hydrogen-bond donors (Lipinski definition) is 0. The number of nitrogens with zero attached hydrogens (tertiary/aromatic N) is 6. The first-order valence-electron chi connectivity index (χ1n) is 6.31. The topological polar surface area (TPSA) is 70.6 Å². The summed E-state index contributed by atoms with van der Waals surface area (Å²) in [6.45, 7) is 2.94. The van der Waals surface area contributed by atoms with Gasteiger partial charge in [0.15, 0.2) is 6.19 Å². The fourth-order valence-electron chi connectivity index (χ4n) is 2.20. The molecule has 0 spiro atoms. The summed E-state index contributed by atoms with van der Waals surface area (Å²) in [6, 6.07) is 4.51. The lowest BCUT2D eigenvalue weighted by Crippen LogP contribution is -2.19. The summed E-state index contributed by atoms with van der Waals surface area (Å²) in [4.78, 5) is 5.85. The molecule has 3 rings (SSSR count). The minimum absolute atomic E-state index is 0.274. The highest BCUT2D eigenvalue weighted by Gasteiger charge is 2.16. The van der Waals surface area contributed by atoms with E-state index in [-0.39, 0.29) is 12.4 Å². The second-order valence-electron chi connectivity index (χ2n) is 4.31. The summed E-state index contributed by atoms with van der Waals surface area (Å²) in [6.07, 6.45) is 2.07. The molecule has 8 heteroatoms. The van der Waals surface area contributed by atoms with Crippen LogP contribution in [-0.4, -0.2) is 19.7 Å². The second-order valence-corrected chi connectivity index (χ2v) is 5.12. The van der Waals surface area contributed by atoms with Crippen LogP contribution in [0.3, 0.4) is 0 Å². The van der Waals surface area contributed by atoms with Crippen molar-refractivity contribution in [3.8, 4) is 6.19 Å². The van der Waals surface area contributed by atoms with Gasteiger partial charge in [-0.25, -0.2) is 14.3 Å². The molecule has 0 aliphatic rings. The Hall–Kier alpha value is -2.53. The first-order chi connectivity index (χ1) is 10.2. The zero-order chi connectivity index (χ0) is 14.8. The molecular formula is C13H11FN6S. The molecular weight excluding hydrogens is 291 g/mol. The summed E-state index contributed by atoms with van der Waals surface area (Å²) >= 11 is 1.28. The van der Waals surface area contributed by atoms with E-state index in [1.165, 1.54) is 28.4 Å². The van der Waals surface area contributed by atoms with E-state index in [1.54, 1.807) is 11.6 Å². The SMILES string of the molecule is CCn1c(CN(C#N)c2nncs2)nc2cc(F)ccc21. The molecule has 6 nitrogen and oxygen atoms in total. The maximum atomic E-state index is 13.3. The van der Waals surface area contributed by atoms with Gasteiger partial charge in [0.25, 0.3) is 0 Å². The lowest BCUT2D eigenvalue weighted by molar-refractivity contribution is 0.629. The number of imidazole rings is 1. The van der Waals surface area contributed by atoms with Gasteiger partial charge in [-0.15, -0.1) is 10.2 Å². The quantitative estimate of drug-likeness (QED) is 0.547. The number of fused-ring (bicyclic) bond motifs is 1. The minimum Gasteiger partial charge on any atom is -0.327 e. The van der Waals surface area contributed by atoms with Crippen LogP contribution in [0, 0.1) is 17.3 Å². The number of nitriles is 1. The summed E-state index contributed by atoms with van der Waals surface area (Å²) in [5.41, 5.74) is 3.00. The van der Waals surface area contributed by atoms with E-state index in [0.29, 0.717) is 23.0 Å². The predicted octanol–water partition coefficient (Wildman–Crippen LogP) is 2.53. The zero-order valence-corrected chi connectivity index (χ0v) is 12.0. The van der Waals surface area contributed by atoms with Gasteiger partial charge in [-0.1, -0.05) is 11.3 Å². The summed E-state index contributed by atoms with van der Waals surface area (Å²) in [5, 5.41) is 17.4. The normalized spacial score (nSPS) is 10.7. The third-order valence-corrected chi connectivity index (χ3v) is 3.82. The van der Waals surface area contributed by atoms with E-state index >= 15 is 0 Å². The molecule has 21 heavy (non-hydrogen) atoms. The van der Waals surface area contributed by atoms with Crippen molar-refractivity contribution in [1.82, 2.24) is 19.7 Å². The Kier molecular flexibility index (Phi) is 3.50. The minimum atomic E-state index is -0.323. The van der Waals surface area contributed by atoms with Crippen molar-refractivity contribution in [1.29, 1.82) is 5.26 Å². The molecule has 106 valence electrons. The van der Waals surface area contributed by atoms with E-state index in [1.807, 2.05) is 11.5 Å². The van der Waals surface area contributed by atoms with E-state index in [2.05, 4.69) is 21.4 Å². The largest absolute Gasteiger partial charge is 0.327 e. The van der Waals surface area contributed by atoms with Gasteiger partial charge in [0.2, 0.25) is 5.13 Å². The molecule has 3 aromatic rings. The standard InChI is InChI=1S/C13H11FN6S/c1-2-20-11-4-3-9(14)5-10(11)17-12(20)6-19(7-15)13-18-16-8-21-13/h3-5,8H,2,6H2,1H3. The fraction of sp³-hybridized carbons (Fsp3) is 0.231. The Morgan fingerprint density at radius 1 is 1.48 bits per heavy atom. The highest BCUT2D eigenvalue weighted by atomic mass is 32.1. The van der Waals surface area contributed by atoms with Crippen LogP contribution in [0.15, 0.2) is 23.7 Å². The van der Waals surface area contributed by atoms with Crippen LogP contribution in [0.1, 0.15) is 12.7 Å². The highest BCUT2D eigenvalue weighted by Crippen LogP contribution is 2.21. The van der Waals surface area contributed by atoms with Crippen molar-refractivity contribution in [2.45, 2.75) is 20.0 Å². The Bertz CT molecular complexity index is 804. The van der Waals surface area contributed by atoms with E-state index in [9.17, 15) is 9.65 Å². The Morgan fingerprint density at radius 3 is 3.00 bits per heavy atom. The Balaban J connectivity index is 2.02. The van der Waals surface area contributed by atoms with Crippen LogP contribution in [0.5, 0.6) is 0 Å². The Morgan fingerprint density at radius 2 is 2.33 bits per heavy atom. The van der Waals surface area contributed by atoms with Gasteiger partial charge < -0.3 is 4.57 Å². The van der Waals surface area contributed by atoms with Crippen molar-refractivity contribution in [2.24, 2.45) is 0 Å². The van der Waals surface area contributed by atoms with Crippen molar-refractivity contribution < 1.29 is 4.39 Å². The van der Waals surface area contributed by atoms with Crippen LogP contribution >= 0.6 is 11.3 Å². The van der Waals surface area contributed by atoms with Gasteiger partial charge in [-0.05, 0) is 19.1 Å². The molecule has 0 saturated heterocycles.